The minimum absolute atomic E-state index is 0.0256. The number of carboxylic acids is 3. The monoisotopic (exact) mass is 445 g/mol. The zero-order valence-electron chi connectivity index (χ0n) is 15.6. The molecule has 0 aliphatic heterocycles. The van der Waals surface area contributed by atoms with Gasteiger partial charge < -0.3 is 36.8 Å². The normalized spacial score (nSPS) is 11.8. The second-order valence-corrected chi connectivity index (χ2v) is 6.09. The van der Waals surface area contributed by atoms with Crippen molar-refractivity contribution in [3.05, 3.63) is 29.8 Å². The minimum atomic E-state index is -1.22. The third-order valence-electron chi connectivity index (χ3n) is 3.38. The van der Waals surface area contributed by atoms with E-state index in [0.717, 1.165) is 0 Å². The van der Waals surface area contributed by atoms with Crippen molar-refractivity contribution in [2.75, 3.05) is 12.3 Å². The van der Waals surface area contributed by atoms with Gasteiger partial charge in [0.1, 0.15) is 29.9 Å². The fourth-order valence-corrected chi connectivity index (χ4v) is 2.07. The average molecular weight is 445 g/mol. The first-order chi connectivity index (χ1) is 14.0. The SMILES string of the molecule is N[C@@H](CCC(=O)N[C@@H](CS)C(=O)NCC(=O)O)C(=O)O.O=C(O)c1ccccc1O. The van der Waals surface area contributed by atoms with Crippen molar-refractivity contribution in [3.8, 4) is 5.75 Å². The largest absolute Gasteiger partial charge is 0.507 e. The third kappa shape index (κ3) is 10.9. The number of aromatic hydroxyl groups is 1. The molecule has 0 radical (unpaired) electrons. The molecule has 0 aliphatic rings. The molecule has 0 bridgehead atoms. The Labute approximate surface area is 176 Å². The molecule has 166 valence electrons. The van der Waals surface area contributed by atoms with E-state index in [4.69, 9.17) is 26.2 Å². The Morgan fingerprint density at radius 1 is 1.07 bits per heavy atom. The second kappa shape index (κ2) is 13.8. The summed E-state index contributed by atoms with van der Waals surface area (Å²) >= 11 is 3.87. The Morgan fingerprint density at radius 3 is 2.10 bits per heavy atom. The molecule has 2 atom stereocenters. The van der Waals surface area contributed by atoms with Crippen LogP contribution < -0.4 is 16.4 Å². The number of carboxylic acid groups (broad SMARTS) is 3. The van der Waals surface area contributed by atoms with Gasteiger partial charge in [0.25, 0.3) is 0 Å². The van der Waals surface area contributed by atoms with Crippen molar-refractivity contribution in [2.24, 2.45) is 5.73 Å². The molecule has 0 aromatic heterocycles. The van der Waals surface area contributed by atoms with Crippen LogP contribution in [0.4, 0.5) is 0 Å². The Balaban J connectivity index is 0.000000696. The third-order valence-corrected chi connectivity index (χ3v) is 3.75. The summed E-state index contributed by atoms with van der Waals surface area (Å²) in [6, 6.07) is 3.66. The van der Waals surface area contributed by atoms with Crippen molar-refractivity contribution in [2.45, 2.75) is 24.9 Å². The van der Waals surface area contributed by atoms with E-state index < -0.39 is 48.4 Å². The van der Waals surface area contributed by atoms with Crippen LogP contribution in [0, 0.1) is 0 Å². The lowest BCUT2D eigenvalue weighted by atomic mass is 10.1. The summed E-state index contributed by atoms with van der Waals surface area (Å²) < 4.78 is 0. The maximum atomic E-state index is 11.5. The zero-order chi connectivity index (χ0) is 23.3. The summed E-state index contributed by atoms with van der Waals surface area (Å²) in [6.45, 7) is -0.567. The van der Waals surface area contributed by atoms with E-state index in [9.17, 15) is 24.0 Å². The quantitative estimate of drug-likeness (QED) is 0.203. The first kappa shape index (κ1) is 26.7. The van der Waals surface area contributed by atoms with E-state index in [0.29, 0.717) is 0 Å². The van der Waals surface area contributed by atoms with Crippen LogP contribution in [0.2, 0.25) is 0 Å². The van der Waals surface area contributed by atoms with Crippen LogP contribution in [0.25, 0.3) is 0 Å². The van der Waals surface area contributed by atoms with E-state index in [1.165, 1.54) is 12.1 Å². The number of amides is 2. The Morgan fingerprint density at radius 2 is 1.67 bits per heavy atom. The Hall–Kier alpha value is -3.32. The molecular weight excluding hydrogens is 422 g/mol. The van der Waals surface area contributed by atoms with E-state index in [2.05, 4.69) is 23.3 Å². The molecule has 0 heterocycles. The Bertz CT molecular complexity index is 773. The number of nitrogens with one attached hydrogen (secondary N) is 2. The Kier molecular flexibility index (Phi) is 12.3. The lowest BCUT2D eigenvalue weighted by Crippen LogP contribution is -2.49. The summed E-state index contributed by atoms with van der Waals surface area (Å²) in [6.07, 6.45) is -0.235. The van der Waals surface area contributed by atoms with Gasteiger partial charge in [0.05, 0.1) is 0 Å². The predicted molar refractivity (Wildman–Crippen MR) is 106 cm³/mol. The van der Waals surface area contributed by atoms with Crippen LogP contribution in [-0.4, -0.2) is 74.5 Å². The highest BCUT2D eigenvalue weighted by Crippen LogP contribution is 2.14. The van der Waals surface area contributed by atoms with Crippen LogP contribution in [0.5, 0.6) is 5.75 Å². The predicted octanol–water partition coefficient (Wildman–Crippen LogP) is -1.12. The number of phenols is 1. The number of para-hydroxylation sites is 1. The summed E-state index contributed by atoms with van der Waals surface area (Å²) in [5.74, 6) is -5.02. The van der Waals surface area contributed by atoms with Gasteiger partial charge in [-0.1, -0.05) is 12.1 Å². The van der Waals surface area contributed by atoms with Crippen molar-refractivity contribution in [3.63, 3.8) is 0 Å². The number of carbonyl (C=O) groups excluding carboxylic acids is 2. The summed E-state index contributed by atoms with van der Waals surface area (Å²) in [7, 11) is 0. The lowest BCUT2D eigenvalue weighted by Gasteiger charge is -2.16. The van der Waals surface area contributed by atoms with Crippen LogP contribution in [0.1, 0.15) is 23.2 Å². The smallest absolute Gasteiger partial charge is 0.339 e. The number of aliphatic carboxylic acids is 2. The fourth-order valence-electron chi connectivity index (χ4n) is 1.81. The van der Waals surface area contributed by atoms with Gasteiger partial charge in [-0.05, 0) is 18.6 Å². The van der Waals surface area contributed by atoms with Gasteiger partial charge in [-0.2, -0.15) is 12.6 Å². The first-order valence-electron chi connectivity index (χ1n) is 8.39. The summed E-state index contributed by atoms with van der Waals surface area (Å²) in [5, 5.41) is 38.7. The van der Waals surface area contributed by atoms with Gasteiger partial charge in [0.2, 0.25) is 11.8 Å². The topological polar surface area (TPSA) is 216 Å². The number of hydrogen-bond donors (Lipinski definition) is 8. The van der Waals surface area contributed by atoms with Gasteiger partial charge >= 0.3 is 17.9 Å². The lowest BCUT2D eigenvalue weighted by molar-refractivity contribution is -0.139. The van der Waals surface area contributed by atoms with Gasteiger partial charge in [-0.25, -0.2) is 4.79 Å². The average Bonchev–Trinajstić information content (AvgIpc) is 2.68. The molecule has 0 spiro atoms. The number of thiol groups is 1. The number of nitrogens with two attached hydrogens (primary N) is 1. The molecule has 13 heteroatoms. The van der Waals surface area contributed by atoms with Crippen LogP contribution in [-0.2, 0) is 19.2 Å². The number of aromatic carboxylic acids is 1. The number of hydrogen-bond acceptors (Lipinski definition) is 8. The van der Waals surface area contributed by atoms with Crippen LogP contribution >= 0.6 is 12.6 Å². The van der Waals surface area contributed by atoms with Crippen LogP contribution in [0.3, 0.4) is 0 Å². The number of benzene rings is 1. The van der Waals surface area contributed by atoms with E-state index >= 15 is 0 Å². The van der Waals surface area contributed by atoms with Crippen molar-refractivity contribution in [1.29, 1.82) is 0 Å². The molecule has 12 nitrogen and oxygen atoms in total. The number of carbonyl (C=O) groups is 5. The maximum Gasteiger partial charge on any atom is 0.339 e. The van der Waals surface area contributed by atoms with Gasteiger partial charge in [0.15, 0.2) is 0 Å². The molecule has 30 heavy (non-hydrogen) atoms. The van der Waals surface area contributed by atoms with Crippen molar-refractivity contribution >= 4 is 42.4 Å². The molecule has 2 amide bonds. The summed E-state index contributed by atoms with van der Waals surface area (Å²) in [4.78, 5) is 54.0. The molecule has 0 fully saturated rings. The number of rotatable bonds is 10. The molecule has 0 saturated carbocycles. The highest BCUT2D eigenvalue weighted by molar-refractivity contribution is 7.80. The van der Waals surface area contributed by atoms with Gasteiger partial charge in [-0.15, -0.1) is 0 Å². The molecule has 0 aliphatic carbocycles. The summed E-state index contributed by atoms with van der Waals surface area (Å²) in [5.41, 5.74) is 5.16. The standard InChI is InChI=1S/C10H17N3O6S.C7H6O3/c11-5(10(18)19)1-2-7(14)13-6(4-20)9(17)12-3-8(15)16;8-6-4-2-1-3-5(6)7(9)10/h5-6,20H,1-4,11H2,(H,12,17)(H,13,14)(H,15,16)(H,18,19);1-4,8H,(H,9,10)/t5-,6-;/m0./s1. The fraction of sp³-hybridized carbons (Fsp3) is 0.353. The minimum Gasteiger partial charge on any atom is -0.507 e. The van der Waals surface area contributed by atoms with E-state index in [-0.39, 0.29) is 29.9 Å². The highest BCUT2D eigenvalue weighted by Gasteiger charge is 2.20. The second-order valence-electron chi connectivity index (χ2n) is 5.72. The van der Waals surface area contributed by atoms with E-state index in [1.807, 2.05) is 0 Å². The molecule has 0 saturated heterocycles. The zero-order valence-corrected chi connectivity index (χ0v) is 16.5. The van der Waals surface area contributed by atoms with Crippen molar-refractivity contribution in [1.82, 2.24) is 10.6 Å². The first-order valence-corrected chi connectivity index (χ1v) is 9.02. The highest BCUT2D eigenvalue weighted by atomic mass is 32.1. The molecule has 1 aromatic carbocycles. The van der Waals surface area contributed by atoms with Crippen molar-refractivity contribution < 1.29 is 44.4 Å². The molecule has 1 aromatic rings. The van der Waals surface area contributed by atoms with Gasteiger partial charge in [-0.3, -0.25) is 19.2 Å². The molecule has 1 rings (SSSR count). The van der Waals surface area contributed by atoms with E-state index in [1.54, 1.807) is 12.1 Å². The molecule has 8 N–H and O–H groups in total. The maximum absolute atomic E-state index is 11.5. The molecular formula is C17H23N3O9S. The molecule has 0 unspecified atom stereocenters. The van der Waals surface area contributed by atoms with Gasteiger partial charge in [0, 0.05) is 12.2 Å². The van der Waals surface area contributed by atoms with Crippen LogP contribution in [0.15, 0.2) is 24.3 Å².